The maximum absolute atomic E-state index is 13.9. The Kier molecular flexibility index (Phi) is 10.6. The first-order valence-electron chi connectivity index (χ1n) is 13.3. The predicted molar refractivity (Wildman–Crippen MR) is 133 cm³/mol. The first kappa shape index (κ1) is 28.5. The predicted octanol–water partition coefficient (Wildman–Crippen LogP) is 2.94. The fourth-order valence-corrected chi connectivity index (χ4v) is 5.24. The number of carbonyl (C=O) groups is 2. The van der Waals surface area contributed by atoms with E-state index in [9.17, 15) is 23.5 Å². The smallest absolute Gasteiger partial charge is 0.242 e. The van der Waals surface area contributed by atoms with Gasteiger partial charge in [0.15, 0.2) is 0 Å². The molecule has 2 aliphatic heterocycles. The monoisotopic (exact) mass is 509 g/mol. The topological polar surface area (TPSA) is 90.9 Å². The van der Waals surface area contributed by atoms with E-state index in [4.69, 9.17) is 4.74 Å². The van der Waals surface area contributed by atoms with Gasteiger partial charge in [0.05, 0.1) is 18.2 Å². The zero-order valence-electron chi connectivity index (χ0n) is 21.6. The van der Waals surface area contributed by atoms with Crippen LogP contribution in [0.25, 0.3) is 0 Å². The Morgan fingerprint density at radius 3 is 2.64 bits per heavy atom. The van der Waals surface area contributed by atoms with Gasteiger partial charge in [-0.1, -0.05) is 26.7 Å². The minimum atomic E-state index is -1.02. The molecule has 2 aliphatic rings. The number of likely N-dealkylation sites (tertiary alicyclic amines) is 1. The third kappa shape index (κ3) is 7.46. The van der Waals surface area contributed by atoms with Gasteiger partial charge in [-0.25, -0.2) is 8.78 Å². The molecule has 202 valence electrons. The van der Waals surface area contributed by atoms with E-state index >= 15 is 0 Å². The van der Waals surface area contributed by atoms with E-state index in [1.807, 2.05) is 6.92 Å². The molecule has 0 radical (unpaired) electrons. The largest absolute Gasteiger partial charge is 0.389 e. The molecule has 6 atom stereocenters. The summed E-state index contributed by atoms with van der Waals surface area (Å²) in [6.45, 7) is 7.51. The summed E-state index contributed by atoms with van der Waals surface area (Å²) in [4.78, 5) is 27.7. The molecule has 2 saturated heterocycles. The summed E-state index contributed by atoms with van der Waals surface area (Å²) in [6.07, 6.45) is 3.96. The van der Waals surface area contributed by atoms with Gasteiger partial charge in [0, 0.05) is 37.7 Å². The molecule has 7 nitrogen and oxygen atoms in total. The quantitative estimate of drug-likeness (QED) is 0.380. The van der Waals surface area contributed by atoms with Crippen molar-refractivity contribution in [3.05, 3.63) is 35.4 Å². The highest BCUT2D eigenvalue weighted by Gasteiger charge is 2.39. The molecule has 9 heteroatoms. The van der Waals surface area contributed by atoms with Crippen LogP contribution >= 0.6 is 0 Å². The lowest BCUT2D eigenvalue weighted by molar-refractivity contribution is -0.139. The molecular weight excluding hydrogens is 468 g/mol. The van der Waals surface area contributed by atoms with Crippen LogP contribution in [0.5, 0.6) is 0 Å². The molecule has 0 bridgehead atoms. The van der Waals surface area contributed by atoms with Gasteiger partial charge >= 0.3 is 0 Å². The number of nitrogens with zero attached hydrogens (tertiary/aromatic N) is 1. The van der Waals surface area contributed by atoms with Crippen LogP contribution in [-0.4, -0.2) is 71.9 Å². The van der Waals surface area contributed by atoms with Crippen LogP contribution < -0.4 is 10.6 Å². The molecule has 3 rings (SSSR count). The second-order valence-electron chi connectivity index (χ2n) is 10.2. The lowest BCUT2D eigenvalue weighted by Gasteiger charge is -2.31. The third-order valence-corrected chi connectivity index (χ3v) is 7.32. The fraction of sp³-hybridized carbons (Fsp3) is 0.704. The van der Waals surface area contributed by atoms with Crippen LogP contribution in [0.15, 0.2) is 18.2 Å². The Morgan fingerprint density at radius 2 is 1.97 bits per heavy atom. The van der Waals surface area contributed by atoms with E-state index in [1.165, 1.54) is 12.1 Å². The Morgan fingerprint density at radius 1 is 1.25 bits per heavy atom. The number of ether oxygens (including phenoxy) is 1. The molecule has 0 aliphatic carbocycles. The third-order valence-electron chi connectivity index (χ3n) is 7.32. The Bertz CT molecular complexity index is 866. The number of aliphatic hydroxyl groups is 1. The summed E-state index contributed by atoms with van der Waals surface area (Å²) in [5.74, 6) is -1.89. The number of hydrogen-bond donors (Lipinski definition) is 3. The molecule has 2 heterocycles. The van der Waals surface area contributed by atoms with Crippen molar-refractivity contribution >= 4 is 11.8 Å². The summed E-state index contributed by atoms with van der Waals surface area (Å²) in [5.41, 5.74) is 0.332. The van der Waals surface area contributed by atoms with Crippen molar-refractivity contribution in [1.82, 2.24) is 15.5 Å². The van der Waals surface area contributed by atoms with Crippen molar-refractivity contribution in [3.63, 3.8) is 0 Å². The maximum Gasteiger partial charge on any atom is 0.242 e. The minimum Gasteiger partial charge on any atom is -0.389 e. The standard InChI is InChI=1S/C27H41F2N3O4/c1-4-6-7-19-8-9-32(27(19)35)17(3)26(34)31-24(13-18-11-20(28)14-21(29)12-18)25(33)23-15-22(16-30-23)36-10-5-2/h11-12,14,17,19,22-25,30,33H,4-10,13,15-16H2,1-3H3,(H,31,34)/t17?,19-,22+,23+,24-,25+/m0/s1. The summed E-state index contributed by atoms with van der Waals surface area (Å²) < 4.78 is 33.5. The van der Waals surface area contributed by atoms with Crippen molar-refractivity contribution in [3.8, 4) is 0 Å². The van der Waals surface area contributed by atoms with Gasteiger partial charge in [-0.05, 0) is 56.7 Å². The summed E-state index contributed by atoms with van der Waals surface area (Å²) in [5, 5.41) is 17.4. The van der Waals surface area contributed by atoms with E-state index < -0.39 is 35.7 Å². The summed E-state index contributed by atoms with van der Waals surface area (Å²) >= 11 is 0. The van der Waals surface area contributed by atoms with Gasteiger partial charge in [-0.3, -0.25) is 9.59 Å². The number of benzene rings is 1. The number of amides is 2. The first-order chi connectivity index (χ1) is 17.2. The molecule has 2 amide bonds. The van der Waals surface area contributed by atoms with Gasteiger partial charge in [-0.2, -0.15) is 0 Å². The zero-order valence-corrected chi connectivity index (χ0v) is 21.6. The van der Waals surface area contributed by atoms with Crippen LogP contribution in [0.1, 0.15) is 64.9 Å². The number of unbranched alkanes of at least 4 members (excludes halogenated alkanes) is 1. The van der Waals surface area contributed by atoms with Crippen molar-refractivity contribution in [2.45, 2.75) is 96.1 Å². The van der Waals surface area contributed by atoms with Crippen LogP contribution in [0.3, 0.4) is 0 Å². The van der Waals surface area contributed by atoms with Crippen molar-refractivity contribution in [1.29, 1.82) is 0 Å². The average Bonchev–Trinajstić information content (AvgIpc) is 3.46. The van der Waals surface area contributed by atoms with Crippen LogP contribution in [-0.2, 0) is 20.7 Å². The van der Waals surface area contributed by atoms with Crippen molar-refractivity contribution < 1.29 is 28.2 Å². The number of rotatable bonds is 13. The van der Waals surface area contributed by atoms with Gasteiger partial charge < -0.3 is 25.4 Å². The molecular formula is C27H41F2N3O4. The Labute approximate surface area is 213 Å². The Hall–Kier alpha value is -2.10. The number of carbonyl (C=O) groups excluding carboxylic acids is 2. The Balaban J connectivity index is 1.71. The van der Waals surface area contributed by atoms with E-state index in [0.29, 0.717) is 31.7 Å². The molecule has 0 saturated carbocycles. The van der Waals surface area contributed by atoms with E-state index in [-0.39, 0.29) is 30.4 Å². The average molecular weight is 510 g/mol. The maximum atomic E-state index is 13.9. The molecule has 2 fully saturated rings. The van der Waals surface area contributed by atoms with Gasteiger partial charge in [0.1, 0.15) is 17.7 Å². The summed E-state index contributed by atoms with van der Waals surface area (Å²) in [7, 11) is 0. The molecule has 1 aromatic rings. The lowest BCUT2D eigenvalue weighted by Crippen LogP contribution is -2.56. The second kappa shape index (κ2) is 13.4. The minimum absolute atomic E-state index is 0.0104. The second-order valence-corrected chi connectivity index (χ2v) is 10.2. The molecule has 1 unspecified atom stereocenters. The van der Waals surface area contributed by atoms with E-state index in [2.05, 4.69) is 17.6 Å². The zero-order chi connectivity index (χ0) is 26.2. The van der Waals surface area contributed by atoms with Gasteiger partial charge in [0.2, 0.25) is 11.8 Å². The van der Waals surface area contributed by atoms with E-state index in [0.717, 1.165) is 38.2 Å². The van der Waals surface area contributed by atoms with Gasteiger partial charge in [0.25, 0.3) is 0 Å². The molecule has 36 heavy (non-hydrogen) atoms. The fourth-order valence-electron chi connectivity index (χ4n) is 5.24. The molecule has 0 aromatic heterocycles. The highest BCUT2D eigenvalue weighted by molar-refractivity contribution is 5.89. The number of nitrogens with one attached hydrogen (secondary N) is 2. The molecule has 3 N–H and O–H groups in total. The number of hydrogen-bond acceptors (Lipinski definition) is 5. The highest BCUT2D eigenvalue weighted by atomic mass is 19.1. The normalized spacial score (nSPS) is 24.7. The van der Waals surface area contributed by atoms with Crippen molar-refractivity contribution in [2.24, 2.45) is 5.92 Å². The first-order valence-corrected chi connectivity index (χ1v) is 13.3. The van der Waals surface area contributed by atoms with Crippen molar-refractivity contribution in [2.75, 3.05) is 19.7 Å². The van der Waals surface area contributed by atoms with Crippen LogP contribution in [0.2, 0.25) is 0 Å². The summed E-state index contributed by atoms with van der Waals surface area (Å²) in [6, 6.07) is 1.33. The highest BCUT2D eigenvalue weighted by Crippen LogP contribution is 2.25. The number of aliphatic hydroxyl groups excluding tert-OH is 1. The van der Waals surface area contributed by atoms with Gasteiger partial charge in [-0.15, -0.1) is 0 Å². The van der Waals surface area contributed by atoms with Crippen LogP contribution in [0, 0.1) is 17.6 Å². The number of halogens is 2. The molecule has 1 aromatic carbocycles. The van der Waals surface area contributed by atoms with Crippen LogP contribution in [0.4, 0.5) is 8.78 Å². The lowest BCUT2D eigenvalue weighted by atomic mass is 9.94. The van der Waals surface area contributed by atoms with E-state index in [1.54, 1.807) is 11.8 Å². The SMILES string of the molecule is CCCC[C@H]1CCN(C(C)C(=O)N[C@@H](Cc2cc(F)cc(F)c2)[C@H](O)[C@H]2C[C@@H](OCCC)CN2)C1=O. The molecule has 0 spiro atoms.